The van der Waals surface area contributed by atoms with Gasteiger partial charge in [0, 0.05) is 59.1 Å². The highest BCUT2D eigenvalue weighted by molar-refractivity contribution is 7.25. The molecule has 0 aliphatic heterocycles. The second-order valence-electron chi connectivity index (χ2n) is 16.9. The largest absolute Gasteiger partial charge is 0.310 e. The fourth-order valence-electron chi connectivity index (χ4n) is 12.5. The molecule has 2 heterocycles. The van der Waals surface area contributed by atoms with E-state index in [0.717, 1.165) is 23.7 Å². The lowest BCUT2D eigenvalue weighted by molar-refractivity contribution is -0.0399. The number of benzene rings is 7. The van der Waals surface area contributed by atoms with Crippen LogP contribution in [0.3, 0.4) is 0 Å². The number of hydrogen-bond acceptors (Lipinski definition) is 2. The van der Waals surface area contributed by atoms with E-state index in [9.17, 15) is 0 Å². The molecule has 0 amide bonds. The van der Waals surface area contributed by atoms with Crippen LogP contribution in [0.4, 0.5) is 17.1 Å². The number of rotatable bonds is 4. The van der Waals surface area contributed by atoms with E-state index < -0.39 is 0 Å². The predicted octanol–water partition coefficient (Wildman–Crippen LogP) is 14.3. The molecular formula is C52H40N2S. The Labute approximate surface area is 325 Å². The van der Waals surface area contributed by atoms with Crippen LogP contribution in [0.5, 0.6) is 0 Å². The average Bonchev–Trinajstić information content (AvgIpc) is 3.86. The van der Waals surface area contributed by atoms with Crippen LogP contribution in [0.2, 0.25) is 0 Å². The van der Waals surface area contributed by atoms with E-state index in [-0.39, 0.29) is 5.41 Å². The first kappa shape index (κ1) is 30.7. The standard InChI is InChI=1S/C52H40N2S/c1-5-13-46-40(9-1)41-23-21-39(31-47(41)52(46)34-26-32-25-33(28-34)29-35(52)27-32)53(38-22-24-51-45(30-38)44-12-4-8-16-50(44)55-51)36-17-19-37(20-18-36)54-48-14-6-2-10-42(48)43-11-3-7-15-49(43)54/h1-24,30-35H,25-29H2. The minimum absolute atomic E-state index is 0.120. The molecule has 0 N–H and O–H groups in total. The van der Waals surface area contributed by atoms with Crippen LogP contribution in [0.25, 0.3) is 58.8 Å². The van der Waals surface area contributed by atoms with Gasteiger partial charge in [-0.1, -0.05) is 84.9 Å². The highest BCUT2D eigenvalue weighted by Crippen LogP contribution is 2.69. The molecule has 5 aliphatic rings. The summed E-state index contributed by atoms with van der Waals surface area (Å²) in [7, 11) is 0. The molecule has 0 radical (unpaired) electrons. The van der Waals surface area contributed by atoms with Crippen LogP contribution in [0.15, 0.2) is 158 Å². The summed E-state index contributed by atoms with van der Waals surface area (Å²) in [6.45, 7) is 0. The van der Waals surface area contributed by atoms with Gasteiger partial charge in [0.2, 0.25) is 0 Å². The van der Waals surface area contributed by atoms with Crippen LogP contribution < -0.4 is 4.90 Å². The normalized spacial score (nSPS) is 23.3. The van der Waals surface area contributed by atoms with Gasteiger partial charge in [0.25, 0.3) is 0 Å². The van der Waals surface area contributed by atoms with Crippen LogP contribution >= 0.6 is 11.3 Å². The highest BCUT2D eigenvalue weighted by atomic mass is 32.1. The van der Waals surface area contributed by atoms with Gasteiger partial charge in [-0.2, -0.15) is 0 Å². The maximum atomic E-state index is 2.63. The van der Waals surface area contributed by atoms with Gasteiger partial charge in [0.05, 0.1) is 11.0 Å². The van der Waals surface area contributed by atoms with Crippen LogP contribution in [-0.4, -0.2) is 4.57 Å². The van der Waals surface area contributed by atoms with Crippen LogP contribution in [0.1, 0.15) is 43.2 Å². The Morgan fingerprint density at radius 2 is 1.02 bits per heavy atom. The van der Waals surface area contributed by atoms with Crippen molar-refractivity contribution in [2.24, 2.45) is 23.7 Å². The summed E-state index contributed by atoms with van der Waals surface area (Å²) in [5, 5.41) is 5.25. The molecule has 4 saturated carbocycles. The number of nitrogens with zero attached hydrogens (tertiary/aromatic N) is 2. The van der Waals surface area contributed by atoms with Crippen molar-refractivity contribution in [3.05, 3.63) is 169 Å². The fraction of sp³-hybridized carbons (Fsp3) is 0.192. The van der Waals surface area contributed by atoms with Gasteiger partial charge < -0.3 is 9.47 Å². The Balaban J connectivity index is 1.01. The zero-order chi connectivity index (χ0) is 35.8. The molecule has 2 aromatic heterocycles. The Hall–Kier alpha value is -5.64. The topological polar surface area (TPSA) is 8.17 Å². The van der Waals surface area contributed by atoms with Crippen LogP contribution in [0, 0.1) is 23.7 Å². The first-order valence-electron chi connectivity index (χ1n) is 20.3. The number of fused-ring (bicyclic) bond motifs is 9. The first-order valence-corrected chi connectivity index (χ1v) is 21.1. The molecule has 9 aromatic rings. The molecule has 0 atom stereocenters. The van der Waals surface area contributed by atoms with Crippen LogP contribution in [-0.2, 0) is 5.41 Å². The molecule has 7 aromatic carbocycles. The van der Waals surface area contributed by atoms with Crippen molar-refractivity contribution in [3.63, 3.8) is 0 Å². The SMILES string of the molecule is c1ccc2c(c1)-c1ccc(N(c3ccc(-n4c5ccccc5c5ccccc54)cc3)c3ccc4sc5ccccc5c4c3)cc1C21C2CC3CC(C2)CC1C3. The Bertz CT molecular complexity index is 2940. The summed E-state index contributed by atoms with van der Waals surface area (Å²) in [5.74, 6) is 3.30. The Morgan fingerprint density at radius 1 is 0.455 bits per heavy atom. The van der Waals surface area contributed by atoms with Crippen molar-refractivity contribution in [3.8, 4) is 16.8 Å². The van der Waals surface area contributed by atoms with Crippen molar-refractivity contribution >= 4 is 70.4 Å². The maximum absolute atomic E-state index is 2.63. The Morgan fingerprint density at radius 3 is 1.76 bits per heavy atom. The van der Waals surface area contributed by atoms with Gasteiger partial charge in [0.1, 0.15) is 0 Å². The molecule has 55 heavy (non-hydrogen) atoms. The van der Waals surface area contributed by atoms with Crippen molar-refractivity contribution in [1.82, 2.24) is 4.57 Å². The van der Waals surface area contributed by atoms with E-state index in [1.165, 1.54) is 108 Å². The van der Waals surface area contributed by atoms with E-state index in [1.807, 2.05) is 11.3 Å². The number of aromatic nitrogens is 1. The number of hydrogen-bond donors (Lipinski definition) is 0. The number of thiophene rings is 1. The predicted molar refractivity (Wildman–Crippen MR) is 232 cm³/mol. The monoisotopic (exact) mass is 724 g/mol. The minimum Gasteiger partial charge on any atom is -0.310 e. The summed E-state index contributed by atoms with van der Waals surface area (Å²) >= 11 is 1.89. The molecular weight excluding hydrogens is 685 g/mol. The van der Waals surface area contributed by atoms with Gasteiger partial charge in [-0.25, -0.2) is 0 Å². The van der Waals surface area contributed by atoms with E-state index in [0.29, 0.717) is 0 Å². The molecule has 3 heteroatoms. The van der Waals surface area contributed by atoms with Gasteiger partial charge >= 0.3 is 0 Å². The summed E-state index contributed by atoms with van der Waals surface area (Å²) in [6, 6.07) is 59.9. The fourth-order valence-corrected chi connectivity index (χ4v) is 13.6. The van der Waals surface area contributed by atoms with Crippen molar-refractivity contribution in [2.45, 2.75) is 37.5 Å². The second-order valence-corrected chi connectivity index (χ2v) is 18.0. The maximum Gasteiger partial charge on any atom is 0.0541 e. The smallest absolute Gasteiger partial charge is 0.0541 e. The van der Waals surface area contributed by atoms with Gasteiger partial charge in [-0.3, -0.25) is 0 Å². The third kappa shape index (κ3) is 4.14. The first-order chi connectivity index (χ1) is 27.2. The molecule has 14 rings (SSSR count). The van der Waals surface area contributed by atoms with Gasteiger partial charge in [-0.15, -0.1) is 11.3 Å². The highest BCUT2D eigenvalue weighted by Gasteiger charge is 2.61. The summed E-state index contributed by atoms with van der Waals surface area (Å²) < 4.78 is 5.10. The molecule has 264 valence electrons. The third-order valence-electron chi connectivity index (χ3n) is 14.4. The van der Waals surface area contributed by atoms with E-state index in [2.05, 4.69) is 167 Å². The van der Waals surface area contributed by atoms with E-state index >= 15 is 0 Å². The number of para-hydroxylation sites is 2. The van der Waals surface area contributed by atoms with Crippen molar-refractivity contribution in [1.29, 1.82) is 0 Å². The average molecular weight is 725 g/mol. The summed E-state index contributed by atoms with van der Waals surface area (Å²) in [4.78, 5) is 2.54. The molecule has 1 spiro atoms. The zero-order valence-corrected chi connectivity index (χ0v) is 31.5. The molecule has 0 saturated heterocycles. The molecule has 2 nitrogen and oxygen atoms in total. The molecule has 4 fully saturated rings. The van der Waals surface area contributed by atoms with E-state index in [4.69, 9.17) is 0 Å². The van der Waals surface area contributed by atoms with Crippen molar-refractivity contribution < 1.29 is 0 Å². The van der Waals surface area contributed by atoms with Gasteiger partial charge in [0.15, 0.2) is 0 Å². The van der Waals surface area contributed by atoms with Gasteiger partial charge in [-0.05, 0) is 151 Å². The quantitative estimate of drug-likeness (QED) is 0.175. The summed E-state index contributed by atoms with van der Waals surface area (Å²) in [6.07, 6.45) is 7.03. The lowest BCUT2D eigenvalue weighted by atomic mass is 9.43. The second kappa shape index (κ2) is 11.2. The van der Waals surface area contributed by atoms with Crippen molar-refractivity contribution in [2.75, 3.05) is 4.90 Å². The lowest BCUT2D eigenvalue weighted by Crippen LogP contribution is -2.55. The lowest BCUT2D eigenvalue weighted by Gasteiger charge is -2.61. The minimum atomic E-state index is 0.120. The molecule has 5 aliphatic carbocycles. The zero-order valence-electron chi connectivity index (χ0n) is 30.7. The van der Waals surface area contributed by atoms with E-state index in [1.54, 1.807) is 11.1 Å². The Kier molecular flexibility index (Phi) is 6.25. The molecule has 0 unspecified atom stereocenters. The number of anilines is 3. The third-order valence-corrected chi connectivity index (χ3v) is 15.5. The molecule has 4 bridgehead atoms. The summed E-state index contributed by atoms with van der Waals surface area (Å²) in [5.41, 5.74) is 13.6.